The van der Waals surface area contributed by atoms with Crippen molar-refractivity contribution >= 4 is 11.0 Å². The van der Waals surface area contributed by atoms with Gasteiger partial charge in [-0.2, -0.15) is 0 Å². The maximum atomic E-state index is 6.20. The third kappa shape index (κ3) is 1.81. The molecule has 2 heterocycles. The summed E-state index contributed by atoms with van der Waals surface area (Å²) in [4.78, 5) is 9.17. The molecular formula is C14H20N4. The van der Waals surface area contributed by atoms with Crippen molar-refractivity contribution < 1.29 is 0 Å². The van der Waals surface area contributed by atoms with Crippen LogP contribution in [0.15, 0.2) is 12.3 Å². The fraction of sp³-hybridized carbons (Fsp3) is 0.571. The van der Waals surface area contributed by atoms with Crippen LogP contribution in [0.4, 0.5) is 0 Å². The normalized spacial score (nSPS) is 16.4. The summed E-state index contributed by atoms with van der Waals surface area (Å²) < 4.78 is 2.21. The minimum absolute atomic E-state index is 0.422. The molecule has 2 aromatic heterocycles. The monoisotopic (exact) mass is 244 g/mol. The lowest BCUT2D eigenvalue weighted by Crippen LogP contribution is -2.32. The zero-order valence-corrected chi connectivity index (χ0v) is 11.3. The number of imidazole rings is 1. The topological polar surface area (TPSA) is 56.7 Å². The van der Waals surface area contributed by atoms with E-state index in [0.717, 1.165) is 17.9 Å². The largest absolute Gasteiger partial charge is 0.327 e. The van der Waals surface area contributed by atoms with Gasteiger partial charge in [-0.25, -0.2) is 4.98 Å². The SMILES string of the molecule is CCn1c(C(C)(C)N)nc2cnc(C3CC3)cc21. The van der Waals surface area contributed by atoms with E-state index in [0.29, 0.717) is 5.92 Å². The van der Waals surface area contributed by atoms with E-state index in [1.54, 1.807) is 0 Å². The quantitative estimate of drug-likeness (QED) is 0.902. The van der Waals surface area contributed by atoms with Crippen molar-refractivity contribution in [2.75, 3.05) is 0 Å². The summed E-state index contributed by atoms with van der Waals surface area (Å²) in [6.07, 6.45) is 4.44. The molecule has 2 N–H and O–H groups in total. The summed E-state index contributed by atoms with van der Waals surface area (Å²) in [6.45, 7) is 7.01. The van der Waals surface area contributed by atoms with Crippen LogP contribution in [0, 0.1) is 0 Å². The lowest BCUT2D eigenvalue weighted by molar-refractivity contribution is 0.485. The molecule has 0 aliphatic heterocycles. The van der Waals surface area contributed by atoms with Crippen molar-refractivity contribution in [3.63, 3.8) is 0 Å². The first-order valence-corrected chi connectivity index (χ1v) is 6.66. The van der Waals surface area contributed by atoms with Gasteiger partial charge in [0.1, 0.15) is 11.3 Å². The van der Waals surface area contributed by atoms with Gasteiger partial charge in [0.25, 0.3) is 0 Å². The summed E-state index contributed by atoms with van der Waals surface area (Å²) in [5.41, 5.74) is 9.11. The molecule has 1 aliphatic carbocycles. The highest BCUT2D eigenvalue weighted by Crippen LogP contribution is 2.39. The number of fused-ring (bicyclic) bond motifs is 1. The second kappa shape index (κ2) is 3.79. The van der Waals surface area contributed by atoms with E-state index in [9.17, 15) is 0 Å². The number of nitrogens with zero attached hydrogens (tertiary/aromatic N) is 3. The highest BCUT2D eigenvalue weighted by molar-refractivity contribution is 5.76. The van der Waals surface area contributed by atoms with Crippen molar-refractivity contribution in [2.45, 2.75) is 51.6 Å². The Balaban J connectivity index is 2.21. The highest BCUT2D eigenvalue weighted by atomic mass is 15.1. The van der Waals surface area contributed by atoms with Crippen molar-refractivity contribution in [3.8, 4) is 0 Å². The van der Waals surface area contributed by atoms with E-state index in [1.165, 1.54) is 24.1 Å². The van der Waals surface area contributed by atoms with Crippen LogP contribution in [-0.4, -0.2) is 14.5 Å². The van der Waals surface area contributed by atoms with E-state index in [4.69, 9.17) is 5.73 Å². The first kappa shape index (κ1) is 11.7. The van der Waals surface area contributed by atoms with Gasteiger partial charge in [0, 0.05) is 18.2 Å². The zero-order chi connectivity index (χ0) is 12.9. The molecule has 96 valence electrons. The van der Waals surface area contributed by atoms with Crippen LogP contribution in [0.1, 0.15) is 51.0 Å². The molecule has 4 nitrogen and oxygen atoms in total. The third-order valence-corrected chi connectivity index (χ3v) is 3.54. The zero-order valence-electron chi connectivity index (χ0n) is 11.3. The molecule has 0 bridgehead atoms. The van der Waals surface area contributed by atoms with Gasteiger partial charge >= 0.3 is 0 Å². The minimum atomic E-state index is -0.422. The lowest BCUT2D eigenvalue weighted by atomic mass is 10.1. The van der Waals surface area contributed by atoms with Crippen LogP contribution in [-0.2, 0) is 12.1 Å². The standard InChI is InChI=1S/C14H20N4/c1-4-18-12-7-10(9-5-6-9)16-8-11(12)17-13(18)14(2,3)15/h7-9H,4-6,15H2,1-3H3. The molecule has 0 amide bonds. The van der Waals surface area contributed by atoms with E-state index in [1.807, 2.05) is 20.0 Å². The smallest absolute Gasteiger partial charge is 0.129 e. The third-order valence-electron chi connectivity index (χ3n) is 3.54. The van der Waals surface area contributed by atoms with Crippen LogP contribution in [0.25, 0.3) is 11.0 Å². The number of pyridine rings is 1. The van der Waals surface area contributed by atoms with Gasteiger partial charge in [0.05, 0.1) is 17.3 Å². The molecule has 4 heteroatoms. The maximum Gasteiger partial charge on any atom is 0.129 e. The van der Waals surface area contributed by atoms with Crippen LogP contribution < -0.4 is 5.73 Å². The van der Waals surface area contributed by atoms with Crippen LogP contribution in [0.5, 0.6) is 0 Å². The molecular weight excluding hydrogens is 224 g/mol. The van der Waals surface area contributed by atoms with Gasteiger partial charge in [-0.05, 0) is 39.7 Å². The molecule has 3 rings (SSSR count). The average molecular weight is 244 g/mol. The molecule has 2 aromatic rings. The van der Waals surface area contributed by atoms with Gasteiger partial charge in [0.2, 0.25) is 0 Å². The van der Waals surface area contributed by atoms with E-state index < -0.39 is 5.54 Å². The Morgan fingerprint density at radius 1 is 1.44 bits per heavy atom. The predicted octanol–water partition coefficient (Wildman–Crippen LogP) is 2.52. The molecule has 0 atom stereocenters. The van der Waals surface area contributed by atoms with Crippen molar-refractivity contribution in [1.82, 2.24) is 14.5 Å². The molecule has 18 heavy (non-hydrogen) atoms. The molecule has 0 radical (unpaired) electrons. The van der Waals surface area contributed by atoms with Gasteiger partial charge in [-0.3, -0.25) is 4.98 Å². The second-order valence-corrected chi connectivity index (χ2v) is 5.77. The van der Waals surface area contributed by atoms with E-state index in [-0.39, 0.29) is 0 Å². The lowest BCUT2D eigenvalue weighted by Gasteiger charge is -2.19. The molecule has 0 aromatic carbocycles. The number of nitrogens with two attached hydrogens (primary N) is 1. The second-order valence-electron chi connectivity index (χ2n) is 5.77. The van der Waals surface area contributed by atoms with Crippen LogP contribution in [0.2, 0.25) is 0 Å². The number of aryl methyl sites for hydroxylation is 1. The van der Waals surface area contributed by atoms with Gasteiger partial charge in [0.15, 0.2) is 0 Å². The number of hydrogen-bond acceptors (Lipinski definition) is 3. The van der Waals surface area contributed by atoms with Crippen LogP contribution in [0.3, 0.4) is 0 Å². The fourth-order valence-electron chi connectivity index (χ4n) is 2.46. The number of hydrogen-bond donors (Lipinski definition) is 1. The summed E-state index contributed by atoms with van der Waals surface area (Å²) >= 11 is 0. The average Bonchev–Trinajstić information content (AvgIpc) is 3.07. The molecule has 0 unspecified atom stereocenters. The minimum Gasteiger partial charge on any atom is -0.327 e. The summed E-state index contributed by atoms with van der Waals surface area (Å²) in [6, 6.07) is 2.19. The Labute approximate surface area is 107 Å². The van der Waals surface area contributed by atoms with Gasteiger partial charge in [-0.1, -0.05) is 0 Å². The summed E-state index contributed by atoms with van der Waals surface area (Å²) in [7, 11) is 0. The first-order valence-electron chi connectivity index (χ1n) is 6.66. The Morgan fingerprint density at radius 2 is 2.17 bits per heavy atom. The van der Waals surface area contributed by atoms with Crippen LogP contribution >= 0.6 is 0 Å². The Morgan fingerprint density at radius 3 is 2.72 bits per heavy atom. The molecule has 0 saturated heterocycles. The fourth-order valence-corrected chi connectivity index (χ4v) is 2.46. The van der Waals surface area contributed by atoms with Crippen molar-refractivity contribution in [3.05, 3.63) is 23.8 Å². The van der Waals surface area contributed by atoms with Crippen molar-refractivity contribution in [2.24, 2.45) is 5.73 Å². The highest BCUT2D eigenvalue weighted by Gasteiger charge is 2.27. The maximum absolute atomic E-state index is 6.20. The van der Waals surface area contributed by atoms with Crippen molar-refractivity contribution in [1.29, 1.82) is 0 Å². The summed E-state index contributed by atoms with van der Waals surface area (Å²) in [5, 5.41) is 0. The first-order chi connectivity index (χ1) is 8.50. The molecule has 1 aliphatic rings. The molecule has 0 spiro atoms. The Kier molecular flexibility index (Phi) is 2.45. The predicted molar refractivity (Wildman–Crippen MR) is 72.4 cm³/mol. The van der Waals surface area contributed by atoms with E-state index in [2.05, 4.69) is 27.5 Å². The number of aromatic nitrogens is 3. The molecule has 1 saturated carbocycles. The number of rotatable bonds is 3. The van der Waals surface area contributed by atoms with E-state index >= 15 is 0 Å². The Hall–Kier alpha value is -1.42. The Bertz CT molecular complexity index is 588. The van der Waals surface area contributed by atoms with Gasteiger partial charge < -0.3 is 10.3 Å². The summed E-state index contributed by atoms with van der Waals surface area (Å²) in [5.74, 6) is 1.61. The molecule has 1 fully saturated rings. The van der Waals surface area contributed by atoms with Gasteiger partial charge in [-0.15, -0.1) is 0 Å².